The number of hydrogen-bond donors (Lipinski definition) is 2. The lowest BCUT2D eigenvalue weighted by atomic mass is 10.3. The summed E-state index contributed by atoms with van der Waals surface area (Å²) in [5, 5.41) is 24.1. The summed E-state index contributed by atoms with van der Waals surface area (Å²) in [7, 11) is 0. The molecule has 2 heterocycles. The Bertz CT molecular complexity index is 495. The molecule has 1 atom stereocenters. The van der Waals surface area contributed by atoms with Gasteiger partial charge >= 0.3 is 0 Å². The molecule has 0 aliphatic heterocycles. The molecular weight excluding hydrogens is 242 g/mol. The lowest BCUT2D eigenvalue weighted by Crippen LogP contribution is -2.35. The molecule has 0 radical (unpaired) electrons. The van der Waals surface area contributed by atoms with Crippen molar-refractivity contribution in [3.63, 3.8) is 0 Å². The highest BCUT2D eigenvalue weighted by molar-refractivity contribution is 7.12. The second kappa shape index (κ2) is 5.02. The summed E-state index contributed by atoms with van der Waals surface area (Å²) in [4.78, 5) is 12.4. The Balaban J connectivity index is 2.22. The van der Waals surface area contributed by atoms with Crippen LogP contribution in [0.2, 0.25) is 0 Å². The number of aromatic nitrogens is 4. The van der Waals surface area contributed by atoms with Crippen molar-refractivity contribution in [3.8, 4) is 5.69 Å². The standard InChI is InChI=1S/C9H11N5O2S/c1-6(4-15)11-9(16)8-7(2-3-17-8)14-5-10-12-13-14/h2-3,5-6,15H,4H2,1H3,(H,11,16)/t6-/m0/s1. The maximum absolute atomic E-state index is 11.9. The topological polar surface area (TPSA) is 92.9 Å². The van der Waals surface area contributed by atoms with Gasteiger partial charge in [0.25, 0.3) is 5.91 Å². The van der Waals surface area contributed by atoms with Crippen molar-refractivity contribution in [2.75, 3.05) is 6.61 Å². The number of hydrogen-bond acceptors (Lipinski definition) is 6. The Morgan fingerprint density at radius 1 is 1.71 bits per heavy atom. The third kappa shape index (κ3) is 2.48. The average Bonchev–Trinajstić information content (AvgIpc) is 2.98. The van der Waals surface area contributed by atoms with Crippen LogP contribution in [0.1, 0.15) is 16.6 Å². The fourth-order valence-corrected chi connectivity index (χ4v) is 2.04. The van der Waals surface area contributed by atoms with Crippen LogP contribution in [-0.2, 0) is 0 Å². The van der Waals surface area contributed by atoms with E-state index in [1.807, 2.05) is 0 Å². The first-order valence-corrected chi connectivity index (χ1v) is 5.83. The van der Waals surface area contributed by atoms with E-state index >= 15 is 0 Å². The molecule has 90 valence electrons. The number of nitrogens with zero attached hydrogens (tertiary/aromatic N) is 4. The molecular formula is C9H11N5O2S. The van der Waals surface area contributed by atoms with Gasteiger partial charge in [-0.2, -0.15) is 4.68 Å². The summed E-state index contributed by atoms with van der Waals surface area (Å²) in [6.45, 7) is 1.62. The summed E-state index contributed by atoms with van der Waals surface area (Å²) in [6.07, 6.45) is 1.42. The highest BCUT2D eigenvalue weighted by Gasteiger charge is 2.16. The normalized spacial score (nSPS) is 12.4. The van der Waals surface area contributed by atoms with E-state index in [2.05, 4.69) is 20.8 Å². The Morgan fingerprint density at radius 2 is 2.53 bits per heavy atom. The molecule has 0 fully saturated rings. The van der Waals surface area contributed by atoms with Gasteiger partial charge in [-0.15, -0.1) is 16.4 Å². The third-order valence-electron chi connectivity index (χ3n) is 2.10. The Labute approximate surface area is 101 Å². The van der Waals surface area contributed by atoms with Gasteiger partial charge in [0, 0.05) is 6.04 Å². The molecule has 0 saturated heterocycles. The van der Waals surface area contributed by atoms with E-state index in [4.69, 9.17) is 5.11 Å². The molecule has 8 heteroatoms. The molecule has 0 aliphatic carbocycles. The number of carbonyl (C=O) groups is 1. The highest BCUT2D eigenvalue weighted by Crippen LogP contribution is 2.19. The molecule has 0 saturated carbocycles. The van der Waals surface area contributed by atoms with Gasteiger partial charge < -0.3 is 10.4 Å². The minimum Gasteiger partial charge on any atom is -0.394 e. The molecule has 0 bridgehead atoms. The monoisotopic (exact) mass is 253 g/mol. The van der Waals surface area contributed by atoms with Crippen molar-refractivity contribution >= 4 is 17.2 Å². The average molecular weight is 253 g/mol. The van der Waals surface area contributed by atoms with Crippen LogP contribution >= 0.6 is 11.3 Å². The Hall–Kier alpha value is -1.80. The van der Waals surface area contributed by atoms with E-state index in [0.29, 0.717) is 10.6 Å². The first-order valence-electron chi connectivity index (χ1n) is 4.95. The molecule has 2 rings (SSSR count). The zero-order chi connectivity index (χ0) is 12.3. The molecule has 1 amide bonds. The van der Waals surface area contributed by atoms with Gasteiger partial charge in [0.05, 0.1) is 12.3 Å². The lowest BCUT2D eigenvalue weighted by Gasteiger charge is -2.10. The van der Waals surface area contributed by atoms with Crippen LogP contribution in [0, 0.1) is 0 Å². The highest BCUT2D eigenvalue weighted by atomic mass is 32.1. The minimum absolute atomic E-state index is 0.0999. The first kappa shape index (κ1) is 11.7. The number of aliphatic hydroxyl groups excluding tert-OH is 1. The summed E-state index contributed by atoms with van der Waals surface area (Å²) in [5.74, 6) is -0.243. The van der Waals surface area contributed by atoms with Gasteiger partial charge in [-0.1, -0.05) is 0 Å². The maximum atomic E-state index is 11.9. The van der Waals surface area contributed by atoms with E-state index in [0.717, 1.165) is 0 Å². The maximum Gasteiger partial charge on any atom is 0.263 e. The van der Waals surface area contributed by atoms with Gasteiger partial charge in [-0.25, -0.2) is 0 Å². The summed E-state index contributed by atoms with van der Waals surface area (Å²) < 4.78 is 1.43. The number of aliphatic hydroxyl groups is 1. The number of nitrogens with one attached hydrogen (secondary N) is 1. The van der Waals surface area contributed by atoms with Gasteiger partial charge in [-0.05, 0) is 28.8 Å². The second-order valence-corrected chi connectivity index (χ2v) is 4.36. The van der Waals surface area contributed by atoms with Crippen LogP contribution in [0.15, 0.2) is 17.8 Å². The van der Waals surface area contributed by atoms with Crippen molar-refractivity contribution in [2.24, 2.45) is 0 Å². The first-order chi connectivity index (χ1) is 8.22. The number of amides is 1. The van der Waals surface area contributed by atoms with E-state index in [-0.39, 0.29) is 18.6 Å². The fourth-order valence-electron chi connectivity index (χ4n) is 1.26. The zero-order valence-electron chi connectivity index (χ0n) is 9.07. The molecule has 0 aromatic carbocycles. The quantitative estimate of drug-likeness (QED) is 0.789. The number of thiophene rings is 1. The molecule has 0 spiro atoms. The fraction of sp³-hybridized carbons (Fsp3) is 0.333. The van der Waals surface area contributed by atoms with Crippen molar-refractivity contribution in [1.82, 2.24) is 25.5 Å². The summed E-state index contributed by atoms with van der Waals surface area (Å²) in [5.41, 5.74) is 0.627. The molecule has 0 unspecified atom stereocenters. The van der Waals surface area contributed by atoms with E-state index in [9.17, 15) is 4.79 Å². The van der Waals surface area contributed by atoms with E-state index < -0.39 is 0 Å². The van der Waals surface area contributed by atoms with Crippen LogP contribution in [0.3, 0.4) is 0 Å². The number of tetrazole rings is 1. The largest absolute Gasteiger partial charge is 0.394 e. The minimum atomic E-state index is -0.286. The van der Waals surface area contributed by atoms with Crippen LogP contribution in [-0.4, -0.2) is 43.9 Å². The Kier molecular flexibility index (Phi) is 3.45. The molecule has 0 aliphatic rings. The SMILES string of the molecule is C[C@@H](CO)NC(=O)c1sccc1-n1cnnn1. The van der Waals surface area contributed by atoms with Crippen LogP contribution in [0.5, 0.6) is 0 Å². The summed E-state index contributed by atoms with van der Waals surface area (Å²) in [6, 6.07) is 1.48. The molecule has 2 aromatic rings. The van der Waals surface area contributed by atoms with Crippen LogP contribution < -0.4 is 5.32 Å². The second-order valence-electron chi connectivity index (χ2n) is 3.45. The Morgan fingerprint density at radius 3 is 3.18 bits per heavy atom. The third-order valence-corrected chi connectivity index (χ3v) is 3.00. The predicted octanol–water partition coefficient (Wildman–Crippen LogP) is -0.166. The number of rotatable bonds is 4. The molecule has 2 N–H and O–H groups in total. The predicted molar refractivity (Wildman–Crippen MR) is 61.0 cm³/mol. The lowest BCUT2D eigenvalue weighted by molar-refractivity contribution is 0.0926. The van der Waals surface area contributed by atoms with Crippen molar-refractivity contribution in [2.45, 2.75) is 13.0 Å². The van der Waals surface area contributed by atoms with Crippen molar-refractivity contribution in [1.29, 1.82) is 0 Å². The van der Waals surface area contributed by atoms with E-state index in [1.165, 1.54) is 22.3 Å². The van der Waals surface area contributed by atoms with Gasteiger partial charge in [-0.3, -0.25) is 4.79 Å². The molecule has 7 nitrogen and oxygen atoms in total. The van der Waals surface area contributed by atoms with Crippen LogP contribution in [0.4, 0.5) is 0 Å². The smallest absolute Gasteiger partial charge is 0.263 e. The van der Waals surface area contributed by atoms with Crippen LogP contribution in [0.25, 0.3) is 5.69 Å². The molecule has 2 aromatic heterocycles. The molecule has 17 heavy (non-hydrogen) atoms. The van der Waals surface area contributed by atoms with Gasteiger partial charge in [0.1, 0.15) is 11.2 Å². The van der Waals surface area contributed by atoms with Gasteiger partial charge in [0.2, 0.25) is 0 Å². The number of carbonyl (C=O) groups excluding carboxylic acids is 1. The zero-order valence-corrected chi connectivity index (χ0v) is 9.89. The van der Waals surface area contributed by atoms with Crippen molar-refractivity contribution in [3.05, 3.63) is 22.7 Å². The van der Waals surface area contributed by atoms with Gasteiger partial charge in [0.15, 0.2) is 0 Å². The van der Waals surface area contributed by atoms with Crippen molar-refractivity contribution < 1.29 is 9.90 Å². The van der Waals surface area contributed by atoms with E-state index in [1.54, 1.807) is 18.4 Å². The summed E-state index contributed by atoms with van der Waals surface area (Å²) >= 11 is 1.30.